The van der Waals surface area contributed by atoms with Crippen molar-refractivity contribution >= 4 is 0 Å². The number of nitrogens with zero attached hydrogens (tertiary/aromatic N) is 1. The van der Waals surface area contributed by atoms with Crippen molar-refractivity contribution in [1.29, 1.82) is 0 Å². The minimum atomic E-state index is 0.624. The topological polar surface area (TPSA) is 28.4 Å². The van der Waals surface area contributed by atoms with E-state index < -0.39 is 0 Å². The van der Waals surface area contributed by atoms with Crippen molar-refractivity contribution in [3.63, 3.8) is 0 Å². The number of furan rings is 1. The van der Waals surface area contributed by atoms with E-state index >= 15 is 0 Å². The predicted octanol–water partition coefficient (Wildman–Crippen LogP) is 3.19. The standard InChI is InChI=1S/C16H28N2O/c1-5-15-9-17-14(8-12(2)3)10-18(15)11-16-7-6-13(4)19-16/h6-7,12,14-15,17H,5,8-11H2,1-4H3. The van der Waals surface area contributed by atoms with Crippen LogP contribution in [0.5, 0.6) is 0 Å². The van der Waals surface area contributed by atoms with E-state index in [0.717, 1.165) is 37.1 Å². The Bertz CT molecular complexity index is 386. The third-order valence-electron chi connectivity index (χ3n) is 4.00. The van der Waals surface area contributed by atoms with E-state index in [1.807, 2.05) is 6.92 Å². The summed E-state index contributed by atoms with van der Waals surface area (Å²) in [6.45, 7) is 12.1. The van der Waals surface area contributed by atoms with Gasteiger partial charge in [-0.3, -0.25) is 4.90 Å². The quantitative estimate of drug-likeness (QED) is 0.885. The summed E-state index contributed by atoms with van der Waals surface area (Å²) < 4.78 is 5.73. The summed E-state index contributed by atoms with van der Waals surface area (Å²) in [7, 11) is 0. The lowest BCUT2D eigenvalue weighted by molar-refractivity contribution is 0.103. The molecule has 0 saturated carbocycles. The Morgan fingerprint density at radius 1 is 1.42 bits per heavy atom. The zero-order chi connectivity index (χ0) is 13.8. The molecule has 0 amide bonds. The highest BCUT2D eigenvalue weighted by Crippen LogP contribution is 2.19. The van der Waals surface area contributed by atoms with Gasteiger partial charge in [0.15, 0.2) is 0 Å². The summed E-state index contributed by atoms with van der Waals surface area (Å²) in [6, 6.07) is 5.43. The van der Waals surface area contributed by atoms with Gasteiger partial charge in [0.05, 0.1) is 6.54 Å². The first-order valence-corrected chi connectivity index (χ1v) is 7.61. The molecular formula is C16H28N2O. The largest absolute Gasteiger partial charge is 0.465 e. The lowest BCUT2D eigenvalue weighted by Crippen LogP contribution is -2.56. The Morgan fingerprint density at radius 3 is 2.79 bits per heavy atom. The molecule has 2 rings (SSSR count). The molecule has 1 aromatic rings. The molecule has 0 radical (unpaired) electrons. The smallest absolute Gasteiger partial charge is 0.118 e. The highest BCUT2D eigenvalue weighted by molar-refractivity contribution is 5.06. The minimum Gasteiger partial charge on any atom is -0.465 e. The van der Waals surface area contributed by atoms with Crippen molar-refractivity contribution in [3.8, 4) is 0 Å². The van der Waals surface area contributed by atoms with Gasteiger partial charge in [-0.1, -0.05) is 20.8 Å². The van der Waals surface area contributed by atoms with E-state index in [1.165, 1.54) is 12.8 Å². The first-order valence-electron chi connectivity index (χ1n) is 7.61. The number of hydrogen-bond acceptors (Lipinski definition) is 3. The first-order chi connectivity index (χ1) is 9.08. The van der Waals surface area contributed by atoms with E-state index in [4.69, 9.17) is 4.42 Å². The van der Waals surface area contributed by atoms with Crippen molar-refractivity contribution in [1.82, 2.24) is 10.2 Å². The summed E-state index contributed by atoms with van der Waals surface area (Å²) in [5, 5.41) is 3.70. The van der Waals surface area contributed by atoms with Crippen LogP contribution >= 0.6 is 0 Å². The van der Waals surface area contributed by atoms with E-state index in [-0.39, 0.29) is 0 Å². The fourth-order valence-corrected chi connectivity index (χ4v) is 3.02. The van der Waals surface area contributed by atoms with Gasteiger partial charge in [-0.25, -0.2) is 0 Å². The molecule has 1 aliphatic heterocycles. The second kappa shape index (κ2) is 6.58. The highest BCUT2D eigenvalue weighted by atomic mass is 16.3. The monoisotopic (exact) mass is 264 g/mol. The zero-order valence-corrected chi connectivity index (χ0v) is 12.8. The maximum atomic E-state index is 5.73. The summed E-state index contributed by atoms with van der Waals surface area (Å²) in [5.41, 5.74) is 0. The number of rotatable bonds is 5. The summed E-state index contributed by atoms with van der Waals surface area (Å²) in [5.74, 6) is 2.86. The molecule has 0 bridgehead atoms. The Kier molecular flexibility index (Phi) is 5.06. The summed E-state index contributed by atoms with van der Waals surface area (Å²) in [6.07, 6.45) is 2.45. The van der Waals surface area contributed by atoms with E-state index in [1.54, 1.807) is 0 Å². The number of aryl methyl sites for hydroxylation is 1. The Balaban J connectivity index is 1.97. The van der Waals surface area contributed by atoms with Crippen LogP contribution in [0.1, 0.15) is 45.1 Å². The molecule has 0 aliphatic carbocycles. The van der Waals surface area contributed by atoms with Crippen molar-refractivity contribution < 1.29 is 4.42 Å². The molecule has 3 heteroatoms. The van der Waals surface area contributed by atoms with Gasteiger partial charge >= 0.3 is 0 Å². The van der Waals surface area contributed by atoms with Crippen LogP contribution in [-0.2, 0) is 6.54 Å². The lowest BCUT2D eigenvalue weighted by Gasteiger charge is -2.40. The van der Waals surface area contributed by atoms with Gasteiger partial charge in [0.1, 0.15) is 11.5 Å². The zero-order valence-electron chi connectivity index (χ0n) is 12.8. The van der Waals surface area contributed by atoms with Gasteiger partial charge in [0, 0.05) is 25.2 Å². The molecule has 2 unspecified atom stereocenters. The van der Waals surface area contributed by atoms with Gasteiger partial charge < -0.3 is 9.73 Å². The SMILES string of the molecule is CCC1CNC(CC(C)C)CN1Cc1ccc(C)o1. The molecule has 2 heterocycles. The van der Waals surface area contributed by atoms with Crippen molar-refractivity contribution in [2.24, 2.45) is 5.92 Å². The Labute approximate surface area is 117 Å². The van der Waals surface area contributed by atoms with Gasteiger partial charge in [-0.15, -0.1) is 0 Å². The van der Waals surface area contributed by atoms with Gasteiger partial charge in [0.2, 0.25) is 0 Å². The third-order valence-corrected chi connectivity index (χ3v) is 4.00. The van der Waals surface area contributed by atoms with Crippen LogP contribution in [0.4, 0.5) is 0 Å². The predicted molar refractivity (Wildman–Crippen MR) is 79.2 cm³/mol. The van der Waals surface area contributed by atoms with Crippen LogP contribution in [0.25, 0.3) is 0 Å². The molecule has 1 aromatic heterocycles. The lowest BCUT2D eigenvalue weighted by atomic mass is 9.99. The molecular weight excluding hydrogens is 236 g/mol. The fraction of sp³-hybridized carbons (Fsp3) is 0.750. The van der Waals surface area contributed by atoms with Crippen LogP contribution in [0, 0.1) is 12.8 Å². The Morgan fingerprint density at radius 2 is 2.21 bits per heavy atom. The molecule has 19 heavy (non-hydrogen) atoms. The highest BCUT2D eigenvalue weighted by Gasteiger charge is 2.27. The minimum absolute atomic E-state index is 0.624. The van der Waals surface area contributed by atoms with Crippen LogP contribution in [0.3, 0.4) is 0 Å². The second-order valence-electron chi connectivity index (χ2n) is 6.24. The molecule has 3 nitrogen and oxygen atoms in total. The average molecular weight is 264 g/mol. The first kappa shape index (κ1) is 14.6. The average Bonchev–Trinajstić information content (AvgIpc) is 2.74. The van der Waals surface area contributed by atoms with Crippen molar-refractivity contribution in [2.45, 2.75) is 59.2 Å². The molecule has 1 saturated heterocycles. The van der Waals surface area contributed by atoms with Gasteiger partial charge in [-0.2, -0.15) is 0 Å². The molecule has 0 spiro atoms. The van der Waals surface area contributed by atoms with Gasteiger partial charge in [0.25, 0.3) is 0 Å². The molecule has 1 N–H and O–H groups in total. The van der Waals surface area contributed by atoms with E-state index in [0.29, 0.717) is 12.1 Å². The summed E-state index contributed by atoms with van der Waals surface area (Å²) >= 11 is 0. The fourth-order valence-electron chi connectivity index (χ4n) is 3.02. The van der Waals surface area contributed by atoms with E-state index in [9.17, 15) is 0 Å². The number of nitrogens with one attached hydrogen (secondary N) is 1. The normalized spacial score (nSPS) is 25.1. The van der Waals surface area contributed by atoms with E-state index in [2.05, 4.69) is 43.1 Å². The molecule has 2 atom stereocenters. The number of hydrogen-bond donors (Lipinski definition) is 1. The molecule has 1 aliphatic rings. The van der Waals surface area contributed by atoms with Crippen LogP contribution in [-0.4, -0.2) is 30.1 Å². The second-order valence-corrected chi connectivity index (χ2v) is 6.24. The maximum absolute atomic E-state index is 5.73. The van der Waals surface area contributed by atoms with Crippen LogP contribution in [0.15, 0.2) is 16.5 Å². The van der Waals surface area contributed by atoms with Crippen LogP contribution < -0.4 is 5.32 Å². The third kappa shape index (κ3) is 4.08. The Hall–Kier alpha value is -0.800. The van der Waals surface area contributed by atoms with Crippen molar-refractivity contribution in [3.05, 3.63) is 23.7 Å². The summed E-state index contributed by atoms with van der Waals surface area (Å²) in [4.78, 5) is 2.59. The molecule has 0 aromatic carbocycles. The van der Waals surface area contributed by atoms with Crippen molar-refractivity contribution in [2.75, 3.05) is 13.1 Å². The van der Waals surface area contributed by atoms with Gasteiger partial charge in [-0.05, 0) is 37.8 Å². The maximum Gasteiger partial charge on any atom is 0.118 e. The number of piperazine rings is 1. The molecule has 108 valence electrons. The molecule has 1 fully saturated rings. The van der Waals surface area contributed by atoms with Crippen LogP contribution in [0.2, 0.25) is 0 Å².